The second-order valence-electron chi connectivity index (χ2n) is 3.35. The molecule has 100 valence electrons. The summed E-state index contributed by atoms with van der Waals surface area (Å²) in [5.74, 6) is -1.05. The molecule has 0 spiro atoms. The van der Waals surface area contributed by atoms with Gasteiger partial charge in [-0.3, -0.25) is 10.1 Å². The molecule has 0 aromatic heterocycles. The average molecular weight is 270 g/mol. The molecule has 0 unspecified atom stereocenters. The summed E-state index contributed by atoms with van der Waals surface area (Å²) < 4.78 is 30.1. The Morgan fingerprint density at radius 2 is 2.21 bits per heavy atom. The zero-order valence-electron chi connectivity index (χ0n) is 9.72. The molecule has 1 aromatic rings. The van der Waals surface area contributed by atoms with Gasteiger partial charge in [-0.1, -0.05) is 0 Å². The third-order valence-electron chi connectivity index (χ3n) is 2.21. The molecule has 0 radical (unpaired) electrons. The van der Waals surface area contributed by atoms with Crippen LogP contribution in [0.2, 0.25) is 0 Å². The minimum absolute atomic E-state index is 0.0452. The highest BCUT2D eigenvalue weighted by atomic mass is 19.3. The number of hydrogen-bond acceptors (Lipinski definition) is 5. The van der Waals surface area contributed by atoms with Gasteiger partial charge in [0.2, 0.25) is 0 Å². The minimum atomic E-state index is -3.11. The SMILES string of the molecule is CCOC(=O)c1cc([N+](=O)[O-])cc(C(F)F)c1C#N. The second-order valence-corrected chi connectivity index (χ2v) is 3.35. The lowest BCUT2D eigenvalue weighted by Crippen LogP contribution is -2.10. The minimum Gasteiger partial charge on any atom is -0.462 e. The molecule has 0 aliphatic heterocycles. The molecular weight excluding hydrogens is 262 g/mol. The van der Waals surface area contributed by atoms with Gasteiger partial charge in [0, 0.05) is 17.7 Å². The fraction of sp³-hybridized carbons (Fsp3) is 0.273. The molecule has 0 heterocycles. The topological polar surface area (TPSA) is 93.2 Å². The summed E-state index contributed by atoms with van der Waals surface area (Å²) in [6.07, 6.45) is -3.11. The van der Waals surface area contributed by atoms with Gasteiger partial charge in [0.1, 0.15) is 6.07 Å². The van der Waals surface area contributed by atoms with Crippen molar-refractivity contribution in [3.8, 4) is 6.07 Å². The normalized spacial score (nSPS) is 10.1. The van der Waals surface area contributed by atoms with Crippen molar-refractivity contribution < 1.29 is 23.2 Å². The van der Waals surface area contributed by atoms with E-state index >= 15 is 0 Å². The van der Waals surface area contributed by atoms with E-state index in [1.807, 2.05) is 0 Å². The summed E-state index contributed by atoms with van der Waals surface area (Å²) in [5, 5.41) is 19.5. The number of carbonyl (C=O) groups is 1. The molecule has 1 rings (SSSR count). The molecule has 0 aliphatic carbocycles. The standard InChI is InChI=1S/C11H8F2N2O4/c1-2-19-11(16)8-4-6(15(17)18)3-7(10(12)13)9(8)5-14/h3-4,10H,2H2,1H3. The van der Waals surface area contributed by atoms with E-state index in [4.69, 9.17) is 5.26 Å². The van der Waals surface area contributed by atoms with Crippen LogP contribution in [0.25, 0.3) is 0 Å². The van der Waals surface area contributed by atoms with E-state index in [2.05, 4.69) is 4.74 Å². The summed E-state index contributed by atoms with van der Waals surface area (Å²) in [4.78, 5) is 21.2. The number of halogens is 2. The summed E-state index contributed by atoms with van der Waals surface area (Å²) >= 11 is 0. The van der Waals surface area contributed by atoms with Crippen LogP contribution in [0.4, 0.5) is 14.5 Å². The number of nitro groups is 1. The Hall–Kier alpha value is -2.56. The van der Waals surface area contributed by atoms with Crippen LogP contribution in [0.15, 0.2) is 12.1 Å². The Morgan fingerprint density at radius 3 is 2.63 bits per heavy atom. The number of alkyl halides is 2. The van der Waals surface area contributed by atoms with E-state index in [1.54, 1.807) is 0 Å². The van der Waals surface area contributed by atoms with Crippen LogP contribution in [-0.4, -0.2) is 17.5 Å². The Kier molecular flexibility index (Phi) is 4.47. The highest BCUT2D eigenvalue weighted by Gasteiger charge is 2.25. The molecule has 0 fully saturated rings. The van der Waals surface area contributed by atoms with Crippen molar-refractivity contribution >= 4 is 11.7 Å². The number of nitriles is 1. The third kappa shape index (κ3) is 3.01. The number of benzene rings is 1. The average Bonchev–Trinajstić information content (AvgIpc) is 2.36. The van der Waals surface area contributed by atoms with Crippen molar-refractivity contribution in [1.29, 1.82) is 5.26 Å². The summed E-state index contributed by atoms with van der Waals surface area (Å²) in [7, 11) is 0. The van der Waals surface area contributed by atoms with E-state index in [9.17, 15) is 23.7 Å². The number of hydrogen-bond donors (Lipinski definition) is 0. The highest BCUT2D eigenvalue weighted by Crippen LogP contribution is 2.30. The smallest absolute Gasteiger partial charge is 0.339 e. The van der Waals surface area contributed by atoms with Gasteiger partial charge < -0.3 is 4.74 Å². The van der Waals surface area contributed by atoms with Crippen molar-refractivity contribution in [1.82, 2.24) is 0 Å². The Labute approximate surface area is 106 Å². The van der Waals surface area contributed by atoms with E-state index in [0.29, 0.717) is 6.07 Å². The predicted octanol–water partition coefficient (Wildman–Crippen LogP) is 2.58. The molecule has 0 aliphatic rings. The highest BCUT2D eigenvalue weighted by molar-refractivity contribution is 5.93. The van der Waals surface area contributed by atoms with Crippen molar-refractivity contribution in [3.63, 3.8) is 0 Å². The van der Waals surface area contributed by atoms with Crippen LogP contribution in [-0.2, 0) is 4.74 Å². The summed E-state index contributed by atoms with van der Waals surface area (Å²) in [5.41, 5.74) is -2.70. The molecule has 6 nitrogen and oxygen atoms in total. The first kappa shape index (κ1) is 14.5. The fourth-order valence-corrected chi connectivity index (χ4v) is 1.42. The maximum Gasteiger partial charge on any atom is 0.339 e. The van der Waals surface area contributed by atoms with Gasteiger partial charge >= 0.3 is 5.97 Å². The van der Waals surface area contributed by atoms with Crippen LogP contribution in [0, 0.1) is 21.4 Å². The monoisotopic (exact) mass is 270 g/mol. The number of esters is 1. The Balaban J connectivity index is 3.54. The number of ether oxygens (including phenoxy) is 1. The van der Waals surface area contributed by atoms with Gasteiger partial charge in [-0.05, 0) is 6.92 Å². The van der Waals surface area contributed by atoms with Crippen LogP contribution < -0.4 is 0 Å². The molecule has 0 amide bonds. The summed E-state index contributed by atoms with van der Waals surface area (Å²) in [6.45, 7) is 1.44. The van der Waals surface area contributed by atoms with Crippen LogP contribution in [0.1, 0.15) is 34.8 Å². The van der Waals surface area contributed by atoms with Crippen LogP contribution in [0.5, 0.6) is 0 Å². The predicted molar refractivity (Wildman–Crippen MR) is 58.7 cm³/mol. The first-order valence-corrected chi connectivity index (χ1v) is 5.10. The van der Waals surface area contributed by atoms with Crippen LogP contribution >= 0.6 is 0 Å². The number of nitrogens with zero attached hydrogens (tertiary/aromatic N) is 2. The van der Waals surface area contributed by atoms with Gasteiger partial charge in [-0.2, -0.15) is 5.26 Å². The second kappa shape index (κ2) is 5.86. The number of nitro benzene ring substituents is 1. The third-order valence-corrected chi connectivity index (χ3v) is 2.21. The van der Waals surface area contributed by atoms with Gasteiger partial charge in [0.25, 0.3) is 12.1 Å². The molecule has 0 saturated carbocycles. The van der Waals surface area contributed by atoms with Gasteiger partial charge in [0.15, 0.2) is 0 Å². The number of non-ortho nitro benzene ring substituents is 1. The molecule has 19 heavy (non-hydrogen) atoms. The van der Waals surface area contributed by atoms with E-state index in [1.165, 1.54) is 13.0 Å². The molecule has 0 N–H and O–H groups in total. The van der Waals surface area contributed by atoms with E-state index in [0.717, 1.165) is 6.07 Å². The van der Waals surface area contributed by atoms with Gasteiger partial charge in [-0.15, -0.1) is 0 Å². The van der Waals surface area contributed by atoms with Gasteiger partial charge in [0.05, 0.1) is 22.7 Å². The van der Waals surface area contributed by atoms with E-state index < -0.39 is 39.7 Å². The molecule has 8 heteroatoms. The van der Waals surface area contributed by atoms with Crippen LogP contribution in [0.3, 0.4) is 0 Å². The lowest BCUT2D eigenvalue weighted by Gasteiger charge is -2.08. The molecule has 0 saturated heterocycles. The quantitative estimate of drug-likeness (QED) is 0.476. The zero-order valence-corrected chi connectivity index (χ0v) is 9.72. The number of carbonyl (C=O) groups excluding carboxylic acids is 1. The number of rotatable bonds is 4. The van der Waals surface area contributed by atoms with E-state index in [-0.39, 0.29) is 6.61 Å². The Morgan fingerprint density at radius 1 is 1.58 bits per heavy atom. The fourth-order valence-electron chi connectivity index (χ4n) is 1.42. The molecule has 0 bridgehead atoms. The Bertz CT molecular complexity index is 567. The van der Waals surface area contributed by atoms with Crippen molar-refractivity contribution in [2.75, 3.05) is 6.61 Å². The molecular formula is C11H8F2N2O4. The lowest BCUT2D eigenvalue weighted by atomic mass is 10.0. The maximum absolute atomic E-state index is 12.8. The maximum atomic E-state index is 12.8. The molecule has 0 atom stereocenters. The lowest BCUT2D eigenvalue weighted by molar-refractivity contribution is -0.385. The first-order valence-electron chi connectivity index (χ1n) is 5.10. The zero-order chi connectivity index (χ0) is 14.6. The first-order chi connectivity index (χ1) is 8.92. The van der Waals surface area contributed by atoms with Crippen molar-refractivity contribution in [3.05, 3.63) is 38.9 Å². The van der Waals surface area contributed by atoms with Crippen molar-refractivity contribution in [2.24, 2.45) is 0 Å². The van der Waals surface area contributed by atoms with Crippen molar-refractivity contribution in [2.45, 2.75) is 13.3 Å². The van der Waals surface area contributed by atoms with Gasteiger partial charge in [-0.25, -0.2) is 13.6 Å². The summed E-state index contributed by atoms with van der Waals surface area (Å²) in [6, 6.07) is 2.78. The largest absolute Gasteiger partial charge is 0.462 e. The molecule has 1 aromatic carbocycles.